The molecule has 0 spiro atoms. The molecule has 0 aliphatic rings. The number of rotatable bonds is 0. The van der Waals surface area contributed by atoms with Crippen LogP contribution in [0.3, 0.4) is 0 Å². The molecule has 2 nitrogen and oxygen atoms in total. The van der Waals surface area contributed by atoms with Gasteiger partial charge in [0.25, 0.3) is 0 Å². The van der Waals surface area contributed by atoms with Gasteiger partial charge in [-0.1, -0.05) is 41.9 Å². The summed E-state index contributed by atoms with van der Waals surface area (Å²) in [5.41, 5.74) is 12.6. The van der Waals surface area contributed by atoms with E-state index in [0.717, 1.165) is 16.4 Å². The standard InChI is InChI=1S/C10H9N.C6H6ClN/c11-10-6-5-8-3-1-2-4-9(8)7-10;7-5-1-3-6(8)4-2-5/h1-7H,11H2;1-4H,8H2. The smallest absolute Gasteiger partial charge is 0.0407 e. The van der Waals surface area contributed by atoms with E-state index in [9.17, 15) is 0 Å². The van der Waals surface area contributed by atoms with E-state index in [0.29, 0.717) is 0 Å². The number of fused-ring (bicyclic) bond motifs is 1. The third-order valence-corrected chi connectivity index (χ3v) is 2.90. The first kappa shape index (κ1) is 13.2. The summed E-state index contributed by atoms with van der Waals surface area (Å²) in [6.07, 6.45) is 0. The minimum atomic E-state index is 0.721. The SMILES string of the molecule is Nc1ccc(Cl)cc1.Nc1ccc2ccccc2c1. The third kappa shape index (κ3) is 3.90. The number of nitrogen functional groups attached to an aromatic ring is 2. The molecule has 19 heavy (non-hydrogen) atoms. The molecule has 0 amide bonds. The van der Waals surface area contributed by atoms with Gasteiger partial charge in [-0.2, -0.15) is 0 Å². The van der Waals surface area contributed by atoms with E-state index < -0.39 is 0 Å². The molecule has 0 aliphatic carbocycles. The Bertz CT molecular complexity index is 642. The highest BCUT2D eigenvalue weighted by Gasteiger charge is 1.90. The summed E-state index contributed by atoms with van der Waals surface area (Å²) < 4.78 is 0. The van der Waals surface area contributed by atoms with Crippen molar-refractivity contribution in [2.45, 2.75) is 0 Å². The van der Waals surface area contributed by atoms with Gasteiger partial charge in [0.1, 0.15) is 0 Å². The molecule has 0 fully saturated rings. The van der Waals surface area contributed by atoms with Gasteiger partial charge in [0, 0.05) is 16.4 Å². The van der Waals surface area contributed by atoms with Crippen molar-refractivity contribution in [3.63, 3.8) is 0 Å². The van der Waals surface area contributed by atoms with Gasteiger partial charge in [0.05, 0.1) is 0 Å². The van der Waals surface area contributed by atoms with Crippen LogP contribution in [-0.4, -0.2) is 0 Å². The summed E-state index contributed by atoms with van der Waals surface area (Å²) in [4.78, 5) is 0. The lowest BCUT2D eigenvalue weighted by Gasteiger charge is -1.96. The fourth-order valence-electron chi connectivity index (χ4n) is 1.67. The van der Waals surface area contributed by atoms with E-state index in [4.69, 9.17) is 23.1 Å². The van der Waals surface area contributed by atoms with Crippen LogP contribution in [0.15, 0.2) is 66.7 Å². The third-order valence-electron chi connectivity index (χ3n) is 2.64. The first-order valence-electron chi connectivity index (χ1n) is 5.90. The normalized spacial score (nSPS) is 9.74. The summed E-state index contributed by atoms with van der Waals surface area (Å²) >= 11 is 5.56. The molecule has 0 saturated heterocycles. The maximum atomic E-state index is 5.62. The van der Waals surface area contributed by atoms with Gasteiger partial charge >= 0.3 is 0 Å². The van der Waals surface area contributed by atoms with Crippen molar-refractivity contribution < 1.29 is 0 Å². The molecular weight excluding hydrogens is 256 g/mol. The van der Waals surface area contributed by atoms with Crippen molar-refractivity contribution in [1.82, 2.24) is 0 Å². The van der Waals surface area contributed by atoms with Crippen molar-refractivity contribution in [2.75, 3.05) is 11.5 Å². The molecule has 4 N–H and O–H groups in total. The molecule has 96 valence electrons. The van der Waals surface area contributed by atoms with Crippen LogP contribution in [0, 0.1) is 0 Å². The van der Waals surface area contributed by atoms with Crippen LogP contribution in [0.2, 0.25) is 5.02 Å². The molecule has 0 atom stereocenters. The number of hydrogen-bond acceptors (Lipinski definition) is 2. The van der Waals surface area contributed by atoms with Gasteiger partial charge in [-0.25, -0.2) is 0 Å². The Labute approximate surface area is 117 Å². The fourth-order valence-corrected chi connectivity index (χ4v) is 1.80. The predicted octanol–water partition coefficient (Wildman–Crippen LogP) is 4.34. The summed E-state index contributed by atoms with van der Waals surface area (Å²) in [6.45, 7) is 0. The van der Waals surface area contributed by atoms with E-state index in [1.807, 2.05) is 30.3 Å². The van der Waals surface area contributed by atoms with Crippen LogP contribution in [0.5, 0.6) is 0 Å². The number of hydrogen-bond donors (Lipinski definition) is 2. The molecule has 0 aliphatic heterocycles. The molecule has 0 heterocycles. The lowest BCUT2D eigenvalue weighted by atomic mass is 10.1. The largest absolute Gasteiger partial charge is 0.399 e. The molecule has 0 saturated carbocycles. The van der Waals surface area contributed by atoms with Crippen LogP contribution in [0.4, 0.5) is 11.4 Å². The zero-order chi connectivity index (χ0) is 13.7. The second-order valence-electron chi connectivity index (χ2n) is 4.16. The van der Waals surface area contributed by atoms with Crippen molar-refractivity contribution in [2.24, 2.45) is 0 Å². The van der Waals surface area contributed by atoms with Gasteiger partial charge in [-0.3, -0.25) is 0 Å². The fraction of sp³-hybridized carbons (Fsp3) is 0. The number of anilines is 2. The summed E-state index contributed by atoms with van der Waals surface area (Å²) in [5.74, 6) is 0. The lowest BCUT2D eigenvalue weighted by Crippen LogP contribution is -1.82. The Kier molecular flexibility index (Phi) is 4.26. The molecule has 0 aromatic heterocycles. The minimum Gasteiger partial charge on any atom is -0.399 e. The van der Waals surface area contributed by atoms with Gasteiger partial charge in [-0.05, 0) is 47.2 Å². The average molecular weight is 271 g/mol. The van der Waals surface area contributed by atoms with Crippen LogP contribution >= 0.6 is 11.6 Å². The zero-order valence-electron chi connectivity index (χ0n) is 10.4. The van der Waals surface area contributed by atoms with E-state index in [1.54, 1.807) is 24.3 Å². The molecule has 3 aromatic carbocycles. The van der Waals surface area contributed by atoms with Crippen LogP contribution in [-0.2, 0) is 0 Å². The Morgan fingerprint density at radius 2 is 1.21 bits per heavy atom. The van der Waals surface area contributed by atoms with E-state index in [1.165, 1.54) is 10.8 Å². The van der Waals surface area contributed by atoms with E-state index in [2.05, 4.69) is 12.1 Å². The first-order valence-corrected chi connectivity index (χ1v) is 6.28. The molecular formula is C16H15ClN2. The van der Waals surface area contributed by atoms with E-state index in [-0.39, 0.29) is 0 Å². The van der Waals surface area contributed by atoms with Gasteiger partial charge < -0.3 is 11.5 Å². The Morgan fingerprint density at radius 3 is 1.84 bits per heavy atom. The topological polar surface area (TPSA) is 52.0 Å². The molecule has 3 aromatic rings. The second kappa shape index (κ2) is 6.12. The quantitative estimate of drug-likeness (QED) is 0.597. The molecule has 3 rings (SSSR count). The monoisotopic (exact) mass is 270 g/mol. The van der Waals surface area contributed by atoms with Crippen LogP contribution in [0.25, 0.3) is 10.8 Å². The Morgan fingerprint density at radius 1 is 0.632 bits per heavy atom. The van der Waals surface area contributed by atoms with Crippen molar-refractivity contribution in [3.8, 4) is 0 Å². The number of halogens is 1. The zero-order valence-corrected chi connectivity index (χ0v) is 11.1. The van der Waals surface area contributed by atoms with E-state index >= 15 is 0 Å². The predicted molar refractivity (Wildman–Crippen MR) is 84.2 cm³/mol. The Hall–Kier alpha value is -2.19. The molecule has 0 bridgehead atoms. The number of benzene rings is 3. The van der Waals surface area contributed by atoms with Crippen LogP contribution < -0.4 is 11.5 Å². The second-order valence-corrected chi connectivity index (χ2v) is 4.59. The van der Waals surface area contributed by atoms with Gasteiger partial charge in [-0.15, -0.1) is 0 Å². The van der Waals surface area contributed by atoms with Gasteiger partial charge in [0.15, 0.2) is 0 Å². The lowest BCUT2D eigenvalue weighted by molar-refractivity contribution is 1.69. The summed E-state index contributed by atoms with van der Waals surface area (Å²) in [6, 6.07) is 21.2. The highest BCUT2D eigenvalue weighted by Crippen LogP contribution is 2.16. The molecule has 0 unspecified atom stereocenters. The maximum absolute atomic E-state index is 5.62. The highest BCUT2D eigenvalue weighted by molar-refractivity contribution is 6.30. The van der Waals surface area contributed by atoms with Crippen molar-refractivity contribution in [1.29, 1.82) is 0 Å². The summed E-state index contributed by atoms with van der Waals surface area (Å²) in [5, 5.41) is 3.16. The van der Waals surface area contributed by atoms with Crippen LogP contribution in [0.1, 0.15) is 0 Å². The Balaban J connectivity index is 0.000000148. The summed E-state index contributed by atoms with van der Waals surface area (Å²) in [7, 11) is 0. The van der Waals surface area contributed by atoms with Crippen molar-refractivity contribution >= 4 is 33.7 Å². The average Bonchev–Trinajstić information content (AvgIpc) is 2.43. The van der Waals surface area contributed by atoms with Gasteiger partial charge in [0.2, 0.25) is 0 Å². The van der Waals surface area contributed by atoms with Crippen molar-refractivity contribution in [3.05, 3.63) is 71.8 Å². The number of nitrogens with two attached hydrogens (primary N) is 2. The highest BCUT2D eigenvalue weighted by atomic mass is 35.5. The first-order chi connectivity index (χ1) is 9.15. The molecule has 3 heteroatoms. The molecule has 0 radical (unpaired) electrons. The minimum absolute atomic E-state index is 0.721. The maximum Gasteiger partial charge on any atom is 0.0407 e.